The smallest absolute Gasteiger partial charge is 0.0964 e. The molecular formula is C14H19ClN4. The minimum absolute atomic E-state index is 0.637. The Morgan fingerprint density at radius 2 is 2.11 bits per heavy atom. The summed E-state index contributed by atoms with van der Waals surface area (Å²) in [6.45, 7) is 6.75. The Balaban J connectivity index is 1.92. The van der Waals surface area contributed by atoms with E-state index < -0.39 is 0 Å². The van der Waals surface area contributed by atoms with Gasteiger partial charge in [-0.05, 0) is 24.1 Å². The first-order valence-corrected chi connectivity index (χ1v) is 6.86. The van der Waals surface area contributed by atoms with Crippen LogP contribution in [0.1, 0.15) is 25.1 Å². The van der Waals surface area contributed by atoms with Crippen LogP contribution in [0.15, 0.2) is 30.5 Å². The molecule has 2 rings (SSSR count). The van der Waals surface area contributed by atoms with Gasteiger partial charge >= 0.3 is 0 Å². The average Bonchev–Trinajstić information content (AvgIpc) is 2.79. The molecule has 0 aliphatic heterocycles. The lowest BCUT2D eigenvalue weighted by atomic mass is 10.2. The van der Waals surface area contributed by atoms with Crippen molar-refractivity contribution < 1.29 is 0 Å². The third kappa shape index (κ3) is 4.33. The van der Waals surface area contributed by atoms with Gasteiger partial charge in [0.25, 0.3) is 0 Å². The highest BCUT2D eigenvalue weighted by Gasteiger charge is 2.04. The molecule has 2 aromatic rings. The van der Waals surface area contributed by atoms with Crippen LogP contribution in [0, 0.1) is 5.92 Å². The van der Waals surface area contributed by atoms with E-state index in [1.807, 2.05) is 35.1 Å². The first-order valence-electron chi connectivity index (χ1n) is 6.48. The van der Waals surface area contributed by atoms with E-state index in [0.717, 1.165) is 29.4 Å². The monoisotopic (exact) mass is 278 g/mol. The normalized spacial score (nSPS) is 11.2. The van der Waals surface area contributed by atoms with Gasteiger partial charge in [0.05, 0.1) is 18.4 Å². The van der Waals surface area contributed by atoms with Crippen molar-refractivity contribution in [3.8, 4) is 0 Å². The summed E-state index contributed by atoms with van der Waals surface area (Å²) in [5.74, 6) is 0.637. The van der Waals surface area contributed by atoms with Crippen LogP contribution in [0.3, 0.4) is 0 Å². The molecule has 0 saturated heterocycles. The topological polar surface area (TPSA) is 42.7 Å². The molecule has 0 atom stereocenters. The summed E-state index contributed by atoms with van der Waals surface area (Å²) < 4.78 is 1.81. The number of aromatic nitrogens is 3. The van der Waals surface area contributed by atoms with E-state index in [1.54, 1.807) is 0 Å². The van der Waals surface area contributed by atoms with Gasteiger partial charge in [0.1, 0.15) is 0 Å². The van der Waals surface area contributed by atoms with Crippen LogP contribution in [0.5, 0.6) is 0 Å². The fourth-order valence-electron chi connectivity index (χ4n) is 1.79. The zero-order valence-corrected chi connectivity index (χ0v) is 12.1. The van der Waals surface area contributed by atoms with E-state index in [4.69, 9.17) is 11.6 Å². The van der Waals surface area contributed by atoms with Gasteiger partial charge in [-0.15, -0.1) is 5.10 Å². The number of nitrogens with one attached hydrogen (secondary N) is 1. The molecule has 19 heavy (non-hydrogen) atoms. The van der Waals surface area contributed by atoms with Gasteiger partial charge in [-0.2, -0.15) is 0 Å². The SMILES string of the molecule is CC(C)CNCc1cn(Cc2ccccc2Cl)nn1. The van der Waals surface area contributed by atoms with Crippen molar-refractivity contribution in [1.29, 1.82) is 0 Å². The van der Waals surface area contributed by atoms with Crippen molar-refractivity contribution in [2.45, 2.75) is 26.9 Å². The van der Waals surface area contributed by atoms with Crippen LogP contribution < -0.4 is 5.32 Å². The van der Waals surface area contributed by atoms with Gasteiger partial charge in [0.15, 0.2) is 0 Å². The molecular weight excluding hydrogens is 260 g/mol. The lowest BCUT2D eigenvalue weighted by Crippen LogP contribution is -2.19. The maximum Gasteiger partial charge on any atom is 0.0964 e. The molecule has 1 aromatic heterocycles. The van der Waals surface area contributed by atoms with Crippen molar-refractivity contribution in [1.82, 2.24) is 20.3 Å². The Morgan fingerprint density at radius 1 is 1.32 bits per heavy atom. The van der Waals surface area contributed by atoms with Crippen LogP contribution in [-0.4, -0.2) is 21.5 Å². The molecule has 0 fully saturated rings. The molecule has 1 heterocycles. The van der Waals surface area contributed by atoms with E-state index in [-0.39, 0.29) is 0 Å². The molecule has 102 valence electrons. The maximum atomic E-state index is 6.13. The quantitative estimate of drug-likeness (QED) is 0.883. The Kier molecular flexibility index (Phi) is 4.93. The molecule has 0 saturated carbocycles. The second-order valence-electron chi connectivity index (χ2n) is 5.02. The van der Waals surface area contributed by atoms with Crippen molar-refractivity contribution in [2.24, 2.45) is 5.92 Å². The van der Waals surface area contributed by atoms with Crippen LogP contribution >= 0.6 is 11.6 Å². The summed E-state index contributed by atoms with van der Waals surface area (Å²) >= 11 is 6.13. The van der Waals surface area contributed by atoms with Gasteiger partial charge in [-0.25, -0.2) is 4.68 Å². The Morgan fingerprint density at radius 3 is 2.84 bits per heavy atom. The zero-order valence-electron chi connectivity index (χ0n) is 11.3. The molecule has 0 aliphatic carbocycles. The second kappa shape index (κ2) is 6.68. The van der Waals surface area contributed by atoms with E-state index in [1.165, 1.54) is 0 Å². The molecule has 0 aliphatic rings. The van der Waals surface area contributed by atoms with Gasteiger partial charge in [0, 0.05) is 11.6 Å². The predicted molar refractivity (Wildman–Crippen MR) is 77.1 cm³/mol. The standard InChI is InChI=1S/C14H19ClN4/c1-11(2)7-16-8-13-10-19(18-17-13)9-12-5-3-4-6-14(12)15/h3-6,10-11,16H,7-9H2,1-2H3. The molecule has 1 N–H and O–H groups in total. The summed E-state index contributed by atoms with van der Waals surface area (Å²) in [7, 11) is 0. The highest BCUT2D eigenvalue weighted by molar-refractivity contribution is 6.31. The van der Waals surface area contributed by atoms with E-state index >= 15 is 0 Å². The number of benzene rings is 1. The third-order valence-electron chi connectivity index (χ3n) is 2.73. The fraction of sp³-hybridized carbons (Fsp3) is 0.429. The summed E-state index contributed by atoms with van der Waals surface area (Å²) in [6, 6.07) is 7.79. The van der Waals surface area contributed by atoms with Gasteiger partial charge < -0.3 is 5.32 Å². The van der Waals surface area contributed by atoms with E-state index in [0.29, 0.717) is 12.5 Å². The molecule has 0 unspecified atom stereocenters. The highest BCUT2D eigenvalue weighted by atomic mass is 35.5. The Labute approximate surface area is 118 Å². The van der Waals surface area contributed by atoms with Crippen molar-refractivity contribution >= 4 is 11.6 Å². The number of hydrogen-bond acceptors (Lipinski definition) is 3. The number of halogens is 1. The fourth-order valence-corrected chi connectivity index (χ4v) is 1.98. The molecule has 5 heteroatoms. The minimum Gasteiger partial charge on any atom is -0.311 e. The molecule has 0 spiro atoms. The van der Waals surface area contributed by atoms with Crippen LogP contribution in [0.25, 0.3) is 0 Å². The lowest BCUT2D eigenvalue weighted by Gasteiger charge is -2.04. The minimum atomic E-state index is 0.637. The average molecular weight is 279 g/mol. The number of nitrogens with zero attached hydrogens (tertiary/aromatic N) is 3. The van der Waals surface area contributed by atoms with Crippen molar-refractivity contribution in [3.05, 3.63) is 46.7 Å². The third-order valence-corrected chi connectivity index (χ3v) is 3.10. The molecule has 4 nitrogen and oxygen atoms in total. The maximum absolute atomic E-state index is 6.13. The van der Waals surface area contributed by atoms with Gasteiger partial charge in [-0.1, -0.05) is 48.9 Å². The summed E-state index contributed by atoms with van der Waals surface area (Å²) in [5, 5.41) is 12.4. The van der Waals surface area contributed by atoms with E-state index in [2.05, 4.69) is 29.5 Å². The molecule has 0 bridgehead atoms. The van der Waals surface area contributed by atoms with E-state index in [9.17, 15) is 0 Å². The zero-order chi connectivity index (χ0) is 13.7. The summed E-state index contributed by atoms with van der Waals surface area (Å²) in [5.41, 5.74) is 2.00. The van der Waals surface area contributed by atoms with Crippen molar-refractivity contribution in [3.63, 3.8) is 0 Å². The number of rotatable bonds is 6. The second-order valence-corrected chi connectivity index (χ2v) is 5.43. The molecule has 0 amide bonds. The first-order chi connectivity index (χ1) is 9.15. The Bertz CT molecular complexity index is 522. The number of hydrogen-bond donors (Lipinski definition) is 1. The first kappa shape index (κ1) is 14.0. The van der Waals surface area contributed by atoms with Crippen molar-refractivity contribution in [2.75, 3.05) is 6.54 Å². The Hall–Kier alpha value is -1.39. The highest BCUT2D eigenvalue weighted by Crippen LogP contribution is 2.15. The van der Waals surface area contributed by atoms with Gasteiger partial charge in [0.2, 0.25) is 0 Å². The largest absolute Gasteiger partial charge is 0.311 e. The van der Waals surface area contributed by atoms with Crippen LogP contribution in [0.2, 0.25) is 5.02 Å². The van der Waals surface area contributed by atoms with Crippen LogP contribution in [0.4, 0.5) is 0 Å². The predicted octanol–water partition coefficient (Wildman–Crippen LogP) is 2.73. The van der Waals surface area contributed by atoms with Crippen LogP contribution in [-0.2, 0) is 13.1 Å². The summed E-state index contributed by atoms with van der Waals surface area (Å²) in [4.78, 5) is 0. The molecule has 1 aromatic carbocycles. The van der Waals surface area contributed by atoms with Gasteiger partial charge in [-0.3, -0.25) is 0 Å². The summed E-state index contributed by atoms with van der Waals surface area (Å²) in [6.07, 6.45) is 1.96. The lowest BCUT2D eigenvalue weighted by molar-refractivity contribution is 0.548. The molecule has 0 radical (unpaired) electrons.